The zero-order valence-corrected chi connectivity index (χ0v) is 13.0. The van der Waals surface area contributed by atoms with Gasteiger partial charge in [-0.2, -0.15) is 0 Å². The molecule has 1 aliphatic heterocycles. The van der Waals surface area contributed by atoms with Crippen LogP contribution < -0.4 is 5.69 Å². The SMILES string of the molecule is O=c1n(-c2cc(Cl)cc(Cl)c2)c(=S)n2n1CCCCC2. The first kappa shape index (κ1) is 13.9. The van der Waals surface area contributed by atoms with Crippen LogP contribution in [0.5, 0.6) is 0 Å². The van der Waals surface area contributed by atoms with E-state index in [9.17, 15) is 4.79 Å². The zero-order chi connectivity index (χ0) is 14.3. The molecule has 0 saturated carbocycles. The van der Waals surface area contributed by atoms with Crippen LogP contribution in [0.25, 0.3) is 5.69 Å². The fourth-order valence-corrected chi connectivity index (χ4v) is 3.43. The predicted molar refractivity (Wildman–Crippen MR) is 82.7 cm³/mol. The maximum absolute atomic E-state index is 12.6. The lowest BCUT2D eigenvalue weighted by atomic mass is 10.2. The molecule has 7 heteroatoms. The summed E-state index contributed by atoms with van der Waals surface area (Å²) >= 11 is 17.5. The van der Waals surface area contributed by atoms with Gasteiger partial charge in [0, 0.05) is 23.1 Å². The molecular formula is C13H13Cl2N3OS. The van der Waals surface area contributed by atoms with E-state index in [4.69, 9.17) is 35.4 Å². The Labute approximate surface area is 131 Å². The van der Waals surface area contributed by atoms with Gasteiger partial charge < -0.3 is 0 Å². The molecule has 20 heavy (non-hydrogen) atoms. The molecule has 4 nitrogen and oxygen atoms in total. The Morgan fingerprint density at radius 3 is 2.20 bits per heavy atom. The van der Waals surface area contributed by atoms with Crippen LogP contribution in [0.2, 0.25) is 10.0 Å². The summed E-state index contributed by atoms with van der Waals surface area (Å²) in [4.78, 5) is 12.6. The minimum absolute atomic E-state index is 0.129. The van der Waals surface area contributed by atoms with Crippen molar-refractivity contribution in [2.45, 2.75) is 32.4 Å². The standard InChI is InChI=1S/C13H13Cl2N3OS/c14-9-6-10(15)8-11(7-9)18-12(19)16-4-2-1-3-5-17(16)13(18)20/h6-8H,1-5H2. The van der Waals surface area contributed by atoms with Gasteiger partial charge in [-0.3, -0.25) is 4.68 Å². The summed E-state index contributed by atoms with van der Waals surface area (Å²) in [7, 11) is 0. The Morgan fingerprint density at radius 1 is 0.950 bits per heavy atom. The number of nitrogens with zero attached hydrogens (tertiary/aromatic N) is 3. The summed E-state index contributed by atoms with van der Waals surface area (Å²) in [5.74, 6) is 0. The summed E-state index contributed by atoms with van der Waals surface area (Å²) in [6.07, 6.45) is 3.15. The van der Waals surface area contributed by atoms with Crippen LogP contribution in [-0.4, -0.2) is 13.9 Å². The van der Waals surface area contributed by atoms with Crippen molar-refractivity contribution in [2.24, 2.45) is 0 Å². The van der Waals surface area contributed by atoms with E-state index in [-0.39, 0.29) is 5.69 Å². The van der Waals surface area contributed by atoms with Crippen molar-refractivity contribution in [1.29, 1.82) is 0 Å². The van der Waals surface area contributed by atoms with E-state index in [0.717, 1.165) is 25.8 Å². The van der Waals surface area contributed by atoms with Gasteiger partial charge >= 0.3 is 5.69 Å². The fourth-order valence-electron chi connectivity index (χ4n) is 2.54. The highest BCUT2D eigenvalue weighted by atomic mass is 35.5. The molecule has 0 spiro atoms. The van der Waals surface area contributed by atoms with Gasteiger partial charge in [0.1, 0.15) is 0 Å². The largest absolute Gasteiger partial charge is 0.349 e. The molecular weight excluding hydrogens is 317 g/mol. The maximum Gasteiger partial charge on any atom is 0.349 e. The second-order valence-electron chi connectivity index (χ2n) is 4.84. The molecule has 106 valence electrons. The van der Waals surface area contributed by atoms with Gasteiger partial charge in [0.15, 0.2) is 0 Å². The lowest BCUT2D eigenvalue weighted by Crippen LogP contribution is -2.26. The maximum atomic E-state index is 12.6. The van der Waals surface area contributed by atoms with Gasteiger partial charge in [-0.25, -0.2) is 14.0 Å². The van der Waals surface area contributed by atoms with Crippen molar-refractivity contribution < 1.29 is 0 Å². The van der Waals surface area contributed by atoms with Crippen molar-refractivity contribution >= 4 is 35.4 Å². The summed E-state index contributed by atoms with van der Waals surface area (Å²) in [5, 5.41) is 0.973. The molecule has 0 saturated heterocycles. The summed E-state index contributed by atoms with van der Waals surface area (Å²) in [5.41, 5.74) is 0.487. The Bertz CT molecular complexity index is 717. The van der Waals surface area contributed by atoms with Gasteiger partial charge in [-0.1, -0.05) is 23.2 Å². The van der Waals surface area contributed by atoms with Crippen molar-refractivity contribution in [3.63, 3.8) is 0 Å². The summed E-state index contributed by atoms with van der Waals surface area (Å²) in [6.45, 7) is 1.47. The number of benzene rings is 1. The van der Waals surface area contributed by atoms with E-state index in [1.54, 1.807) is 22.9 Å². The normalized spacial score (nSPS) is 14.9. The van der Waals surface area contributed by atoms with Gasteiger partial charge in [0.2, 0.25) is 4.77 Å². The Balaban J connectivity index is 2.25. The van der Waals surface area contributed by atoms with Crippen molar-refractivity contribution in [3.05, 3.63) is 43.5 Å². The lowest BCUT2D eigenvalue weighted by molar-refractivity contribution is 0.472. The van der Waals surface area contributed by atoms with Crippen LogP contribution in [0.4, 0.5) is 0 Å². The summed E-state index contributed by atoms with van der Waals surface area (Å²) in [6, 6.07) is 5.03. The zero-order valence-electron chi connectivity index (χ0n) is 10.7. The first-order chi connectivity index (χ1) is 9.58. The van der Waals surface area contributed by atoms with E-state index < -0.39 is 0 Å². The number of hydrogen-bond donors (Lipinski definition) is 0. The lowest BCUT2D eigenvalue weighted by Gasteiger charge is -2.03. The molecule has 0 fully saturated rings. The number of halogens is 2. The minimum atomic E-state index is -0.129. The molecule has 2 heterocycles. The molecule has 0 radical (unpaired) electrons. The molecule has 1 aromatic carbocycles. The molecule has 1 aliphatic rings. The predicted octanol–water partition coefficient (Wildman–Crippen LogP) is 3.66. The Morgan fingerprint density at radius 2 is 1.55 bits per heavy atom. The van der Waals surface area contributed by atoms with Crippen LogP contribution in [-0.2, 0) is 13.1 Å². The molecule has 0 N–H and O–H groups in total. The molecule has 0 amide bonds. The third kappa shape index (κ3) is 2.34. The van der Waals surface area contributed by atoms with Crippen LogP contribution in [0.15, 0.2) is 23.0 Å². The highest BCUT2D eigenvalue weighted by Gasteiger charge is 2.16. The van der Waals surface area contributed by atoms with Gasteiger partial charge in [-0.15, -0.1) is 0 Å². The first-order valence-electron chi connectivity index (χ1n) is 6.47. The number of rotatable bonds is 1. The molecule has 0 unspecified atom stereocenters. The third-order valence-electron chi connectivity index (χ3n) is 3.46. The number of fused-ring (bicyclic) bond motifs is 1. The highest BCUT2D eigenvalue weighted by Crippen LogP contribution is 2.21. The van der Waals surface area contributed by atoms with Crippen LogP contribution in [0.1, 0.15) is 19.3 Å². The minimum Gasteiger partial charge on any atom is -0.256 e. The third-order valence-corrected chi connectivity index (χ3v) is 4.29. The van der Waals surface area contributed by atoms with Crippen LogP contribution in [0, 0.1) is 4.77 Å². The fraction of sp³-hybridized carbons (Fsp3) is 0.385. The van der Waals surface area contributed by atoms with Crippen molar-refractivity contribution in [2.75, 3.05) is 0 Å². The van der Waals surface area contributed by atoms with Crippen LogP contribution >= 0.6 is 35.4 Å². The molecule has 2 aromatic rings. The highest BCUT2D eigenvalue weighted by molar-refractivity contribution is 7.71. The van der Waals surface area contributed by atoms with E-state index in [1.807, 2.05) is 4.68 Å². The number of aromatic nitrogens is 3. The van der Waals surface area contributed by atoms with E-state index in [0.29, 0.717) is 27.0 Å². The number of hydrogen-bond acceptors (Lipinski definition) is 2. The molecule has 0 aliphatic carbocycles. The molecule has 0 bridgehead atoms. The van der Waals surface area contributed by atoms with E-state index in [2.05, 4.69) is 0 Å². The van der Waals surface area contributed by atoms with Crippen LogP contribution in [0.3, 0.4) is 0 Å². The van der Waals surface area contributed by atoms with E-state index in [1.165, 1.54) is 4.57 Å². The van der Waals surface area contributed by atoms with Gasteiger partial charge in [0.25, 0.3) is 0 Å². The molecule has 3 rings (SSSR count). The quantitative estimate of drug-likeness (QED) is 0.748. The van der Waals surface area contributed by atoms with E-state index >= 15 is 0 Å². The monoisotopic (exact) mass is 329 g/mol. The van der Waals surface area contributed by atoms with Crippen molar-refractivity contribution in [3.8, 4) is 5.69 Å². The average molecular weight is 330 g/mol. The summed E-state index contributed by atoms with van der Waals surface area (Å²) < 4.78 is 5.58. The Hall–Kier alpha value is -1.04. The second-order valence-corrected chi connectivity index (χ2v) is 6.07. The smallest absolute Gasteiger partial charge is 0.256 e. The molecule has 0 atom stereocenters. The Kier molecular flexibility index (Phi) is 3.75. The molecule has 1 aromatic heterocycles. The van der Waals surface area contributed by atoms with Gasteiger partial charge in [-0.05, 0) is 49.7 Å². The second kappa shape index (κ2) is 5.39. The van der Waals surface area contributed by atoms with Gasteiger partial charge in [0.05, 0.1) is 5.69 Å². The topological polar surface area (TPSA) is 31.9 Å². The average Bonchev–Trinajstić information content (AvgIpc) is 2.57. The first-order valence-corrected chi connectivity index (χ1v) is 7.63. The van der Waals surface area contributed by atoms with Crippen molar-refractivity contribution in [1.82, 2.24) is 13.9 Å².